The lowest BCUT2D eigenvalue weighted by Gasteiger charge is -2.13. The molecule has 0 aliphatic carbocycles. The highest BCUT2D eigenvalue weighted by Gasteiger charge is 2.25. The monoisotopic (exact) mass is 169 g/mol. The second kappa shape index (κ2) is 4.06. The molecule has 2 heteroatoms. The Kier molecular flexibility index (Phi) is 3.29. The van der Waals surface area contributed by atoms with Crippen LogP contribution in [0.1, 0.15) is 27.2 Å². The number of hydrogen-bond acceptors (Lipinski definition) is 2. The van der Waals surface area contributed by atoms with Crippen molar-refractivity contribution in [2.45, 2.75) is 39.3 Å². The van der Waals surface area contributed by atoms with Crippen LogP contribution in [0.15, 0.2) is 11.6 Å². The normalized spacial score (nSPS) is 31.7. The summed E-state index contributed by atoms with van der Waals surface area (Å²) in [5.41, 5.74) is 7.28. The van der Waals surface area contributed by atoms with E-state index in [4.69, 9.17) is 10.5 Å². The standard InChI is InChI=1S/C10H19NO/c1-7(2)4-10(11)9-5-8(3)12-6-9/h4,8-10H,5-6,11H2,1-3H3. The first-order valence-corrected chi connectivity index (χ1v) is 4.62. The van der Waals surface area contributed by atoms with Crippen molar-refractivity contribution >= 4 is 0 Å². The zero-order valence-corrected chi connectivity index (χ0v) is 8.21. The number of rotatable bonds is 2. The summed E-state index contributed by atoms with van der Waals surface area (Å²) < 4.78 is 5.46. The van der Waals surface area contributed by atoms with Crippen molar-refractivity contribution in [2.75, 3.05) is 6.61 Å². The Hall–Kier alpha value is -0.340. The molecule has 1 saturated heterocycles. The molecule has 0 aromatic carbocycles. The van der Waals surface area contributed by atoms with Crippen molar-refractivity contribution < 1.29 is 4.74 Å². The zero-order valence-electron chi connectivity index (χ0n) is 8.21. The molecule has 0 saturated carbocycles. The number of hydrogen-bond donors (Lipinski definition) is 1. The molecule has 0 bridgehead atoms. The molecular formula is C10H19NO. The van der Waals surface area contributed by atoms with Gasteiger partial charge in [0.15, 0.2) is 0 Å². The van der Waals surface area contributed by atoms with Crippen LogP contribution in [-0.2, 0) is 4.74 Å². The van der Waals surface area contributed by atoms with E-state index in [0.29, 0.717) is 12.0 Å². The quantitative estimate of drug-likeness (QED) is 0.639. The van der Waals surface area contributed by atoms with E-state index in [-0.39, 0.29) is 6.04 Å². The maximum Gasteiger partial charge on any atom is 0.0551 e. The molecule has 0 aromatic rings. The fourth-order valence-corrected chi connectivity index (χ4v) is 1.64. The summed E-state index contributed by atoms with van der Waals surface area (Å²) in [6, 6.07) is 0.181. The summed E-state index contributed by atoms with van der Waals surface area (Å²) in [5, 5.41) is 0. The topological polar surface area (TPSA) is 35.2 Å². The lowest BCUT2D eigenvalue weighted by Crippen LogP contribution is -2.28. The van der Waals surface area contributed by atoms with Gasteiger partial charge in [-0.05, 0) is 27.2 Å². The van der Waals surface area contributed by atoms with Gasteiger partial charge in [-0.1, -0.05) is 11.6 Å². The highest BCUT2D eigenvalue weighted by molar-refractivity contribution is 5.02. The van der Waals surface area contributed by atoms with Gasteiger partial charge < -0.3 is 10.5 Å². The van der Waals surface area contributed by atoms with Gasteiger partial charge in [0.25, 0.3) is 0 Å². The van der Waals surface area contributed by atoms with Crippen LogP contribution in [0.4, 0.5) is 0 Å². The van der Waals surface area contributed by atoms with Crippen LogP contribution in [-0.4, -0.2) is 18.8 Å². The van der Waals surface area contributed by atoms with E-state index < -0.39 is 0 Å². The van der Waals surface area contributed by atoms with Gasteiger partial charge in [-0.15, -0.1) is 0 Å². The van der Waals surface area contributed by atoms with E-state index in [1.54, 1.807) is 0 Å². The van der Waals surface area contributed by atoms with Crippen LogP contribution in [0, 0.1) is 5.92 Å². The Morgan fingerprint density at radius 2 is 2.25 bits per heavy atom. The minimum atomic E-state index is 0.181. The summed E-state index contributed by atoms with van der Waals surface area (Å²) in [6.45, 7) is 7.10. The smallest absolute Gasteiger partial charge is 0.0551 e. The third kappa shape index (κ3) is 2.61. The Morgan fingerprint density at radius 3 is 2.67 bits per heavy atom. The lowest BCUT2D eigenvalue weighted by molar-refractivity contribution is 0.119. The highest BCUT2D eigenvalue weighted by atomic mass is 16.5. The Labute approximate surface area is 74.8 Å². The van der Waals surface area contributed by atoms with E-state index in [0.717, 1.165) is 13.0 Å². The summed E-state index contributed by atoms with van der Waals surface area (Å²) >= 11 is 0. The van der Waals surface area contributed by atoms with E-state index >= 15 is 0 Å². The van der Waals surface area contributed by atoms with Crippen molar-refractivity contribution in [3.05, 3.63) is 11.6 Å². The van der Waals surface area contributed by atoms with Crippen LogP contribution in [0.3, 0.4) is 0 Å². The summed E-state index contributed by atoms with van der Waals surface area (Å²) in [5.74, 6) is 0.523. The lowest BCUT2D eigenvalue weighted by atomic mass is 9.96. The van der Waals surface area contributed by atoms with E-state index in [9.17, 15) is 0 Å². The van der Waals surface area contributed by atoms with E-state index in [2.05, 4.69) is 26.8 Å². The minimum absolute atomic E-state index is 0.181. The van der Waals surface area contributed by atoms with Crippen molar-refractivity contribution in [1.29, 1.82) is 0 Å². The minimum Gasteiger partial charge on any atom is -0.378 e. The van der Waals surface area contributed by atoms with E-state index in [1.165, 1.54) is 5.57 Å². The van der Waals surface area contributed by atoms with Gasteiger partial charge in [0, 0.05) is 12.0 Å². The maximum absolute atomic E-state index is 5.99. The predicted molar refractivity (Wildman–Crippen MR) is 50.9 cm³/mol. The third-order valence-corrected chi connectivity index (χ3v) is 2.30. The van der Waals surface area contributed by atoms with Gasteiger partial charge in [-0.2, -0.15) is 0 Å². The van der Waals surface area contributed by atoms with Crippen LogP contribution in [0.25, 0.3) is 0 Å². The first-order valence-electron chi connectivity index (χ1n) is 4.62. The number of nitrogens with two attached hydrogens (primary N) is 1. The van der Waals surface area contributed by atoms with Crippen LogP contribution < -0.4 is 5.73 Å². The molecule has 3 unspecified atom stereocenters. The maximum atomic E-state index is 5.99. The Bertz CT molecular complexity index is 173. The predicted octanol–water partition coefficient (Wildman–Crippen LogP) is 1.70. The molecule has 0 aromatic heterocycles. The molecule has 0 spiro atoms. The van der Waals surface area contributed by atoms with Crippen molar-refractivity contribution in [3.8, 4) is 0 Å². The molecule has 1 heterocycles. The van der Waals surface area contributed by atoms with Gasteiger partial charge in [-0.3, -0.25) is 0 Å². The molecule has 2 N–H and O–H groups in total. The molecule has 1 fully saturated rings. The van der Waals surface area contributed by atoms with Crippen molar-refractivity contribution in [3.63, 3.8) is 0 Å². The van der Waals surface area contributed by atoms with Crippen LogP contribution in [0.5, 0.6) is 0 Å². The van der Waals surface area contributed by atoms with Gasteiger partial charge >= 0.3 is 0 Å². The van der Waals surface area contributed by atoms with Crippen LogP contribution in [0.2, 0.25) is 0 Å². The number of ether oxygens (including phenoxy) is 1. The molecule has 2 nitrogen and oxygen atoms in total. The average Bonchev–Trinajstić information content (AvgIpc) is 2.34. The molecule has 1 aliphatic heterocycles. The highest BCUT2D eigenvalue weighted by Crippen LogP contribution is 2.22. The molecule has 12 heavy (non-hydrogen) atoms. The second-order valence-electron chi connectivity index (χ2n) is 3.96. The first kappa shape index (κ1) is 9.75. The number of allylic oxidation sites excluding steroid dienone is 1. The summed E-state index contributed by atoms with van der Waals surface area (Å²) in [6.07, 6.45) is 3.63. The van der Waals surface area contributed by atoms with E-state index in [1.807, 2.05) is 0 Å². The van der Waals surface area contributed by atoms with Gasteiger partial charge in [0.1, 0.15) is 0 Å². The Balaban J connectivity index is 2.43. The van der Waals surface area contributed by atoms with Gasteiger partial charge in [0.2, 0.25) is 0 Å². The molecule has 0 amide bonds. The molecule has 1 rings (SSSR count). The average molecular weight is 169 g/mol. The van der Waals surface area contributed by atoms with Crippen molar-refractivity contribution in [1.82, 2.24) is 0 Å². The first-order chi connectivity index (χ1) is 5.59. The van der Waals surface area contributed by atoms with Gasteiger partial charge in [-0.25, -0.2) is 0 Å². The third-order valence-electron chi connectivity index (χ3n) is 2.30. The summed E-state index contributed by atoms with van der Waals surface area (Å²) in [4.78, 5) is 0. The Morgan fingerprint density at radius 1 is 1.58 bits per heavy atom. The fourth-order valence-electron chi connectivity index (χ4n) is 1.64. The van der Waals surface area contributed by atoms with Gasteiger partial charge in [0.05, 0.1) is 12.7 Å². The summed E-state index contributed by atoms with van der Waals surface area (Å²) in [7, 11) is 0. The molecule has 1 aliphatic rings. The van der Waals surface area contributed by atoms with Crippen molar-refractivity contribution in [2.24, 2.45) is 11.7 Å². The second-order valence-corrected chi connectivity index (χ2v) is 3.96. The zero-order chi connectivity index (χ0) is 9.14. The molecule has 0 radical (unpaired) electrons. The molecule has 70 valence electrons. The van der Waals surface area contributed by atoms with Crippen LogP contribution >= 0.6 is 0 Å². The molecular weight excluding hydrogens is 150 g/mol. The largest absolute Gasteiger partial charge is 0.378 e. The molecule has 3 atom stereocenters. The fraction of sp³-hybridized carbons (Fsp3) is 0.800. The SMILES string of the molecule is CC(C)=CC(N)C1COC(C)C1.